The summed E-state index contributed by atoms with van der Waals surface area (Å²) < 4.78 is 1.43. The third-order valence-electron chi connectivity index (χ3n) is 4.28. The lowest BCUT2D eigenvalue weighted by atomic mass is 10.2. The number of aromatic carboxylic acids is 1. The predicted molar refractivity (Wildman–Crippen MR) is 93.0 cm³/mol. The van der Waals surface area contributed by atoms with Gasteiger partial charge in [0.15, 0.2) is 5.65 Å². The van der Waals surface area contributed by atoms with Crippen LogP contribution in [0.15, 0.2) is 36.7 Å². The van der Waals surface area contributed by atoms with Crippen LogP contribution in [-0.4, -0.2) is 56.8 Å². The lowest BCUT2D eigenvalue weighted by Crippen LogP contribution is -2.47. The zero-order chi connectivity index (χ0) is 17.4. The molecule has 0 amide bonds. The van der Waals surface area contributed by atoms with Crippen LogP contribution in [-0.2, 0) is 0 Å². The van der Waals surface area contributed by atoms with Crippen molar-refractivity contribution in [2.24, 2.45) is 0 Å². The highest BCUT2D eigenvalue weighted by atomic mass is 16.4. The number of nitrogen functional groups attached to an aromatic ring is 1. The highest BCUT2D eigenvalue weighted by Gasteiger charge is 2.21. The molecule has 0 atom stereocenters. The molecule has 1 aliphatic heterocycles. The second kappa shape index (κ2) is 5.93. The number of carboxylic acid groups (broad SMARTS) is 1. The van der Waals surface area contributed by atoms with E-state index in [1.807, 2.05) is 18.2 Å². The summed E-state index contributed by atoms with van der Waals surface area (Å²) >= 11 is 0. The number of aromatic nitrogens is 4. The van der Waals surface area contributed by atoms with Crippen LogP contribution in [0, 0.1) is 0 Å². The van der Waals surface area contributed by atoms with Crippen LogP contribution in [0.2, 0.25) is 0 Å². The molecule has 0 aliphatic carbocycles. The van der Waals surface area contributed by atoms with Gasteiger partial charge in [0, 0.05) is 32.4 Å². The van der Waals surface area contributed by atoms with Gasteiger partial charge < -0.3 is 20.6 Å². The summed E-state index contributed by atoms with van der Waals surface area (Å²) in [5, 5.41) is 13.5. The van der Waals surface area contributed by atoms with Gasteiger partial charge in [0.1, 0.15) is 11.4 Å². The number of rotatable bonds is 3. The van der Waals surface area contributed by atoms with Crippen LogP contribution in [0.3, 0.4) is 0 Å². The Kier molecular flexibility index (Phi) is 3.60. The Morgan fingerprint density at radius 2 is 1.92 bits per heavy atom. The Morgan fingerprint density at radius 3 is 2.60 bits per heavy atom. The van der Waals surface area contributed by atoms with Gasteiger partial charge in [0.2, 0.25) is 5.95 Å². The number of piperazine rings is 1. The maximum absolute atomic E-state index is 11.5. The van der Waals surface area contributed by atoms with E-state index in [4.69, 9.17) is 5.73 Å². The van der Waals surface area contributed by atoms with Gasteiger partial charge in [-0.1, -0.05) is 6.07 Å². The van der Waals surface area contributed by atoms with E-state index in [9.17, 15) is 9.90 Å². The third-order valence-corrected chi connectivity index (χ3v) is 4.28. The summed E-state index contributed by atoms with van der Waals surface area (Å²) in [4.78, 5) is 24.2. The Balaban J connectivity index is 1.60. The molecule has 3 N–H and O–H groups in total. The molecule has 0 bridgehead atoms. The zero-order valence-corrected chi connectivity index (χ0v) is 13.4. The number of nitrogens with two attached hydrogens (primary N) is 1. The maximum Gasteiger partial charge on any atom is 0.339 e. The molecular weight excluding hydrogens is 322 g/mol. The van der Waals surface area contributed by atoms with E-state index in [-0.39, 0.29) is 17.2 Å². The average molecular weight is 339 g/mol. The Labute approximate surface area is 143 Å². The van der Waals surface area contributed by atoms with Crippen LogP contribution in [0.4, 0.5) is 17.5 Å². The lowest BCUT2D eigenvalue weighted by Gasteiger charge is -2.36. The molecule has 1 saturated heterocycles. The van der Waals surface area contributed by atoms with Gasteiger partial charge in [0.05, 0.1) is 11.9 Å². The molecule has 0 radical (unpaired) electrons. The summed E-state index contributed by atoms with van der Waals surface area (Å²) in [6.07, 6.45) is 3.55. The van der Waals surface area contributed by atoms with E-state index in [1.165, 1.54) is 4.52 Å². The molecule has 1 aliphatic rings. The van der Waals surface area contributed by atoms with Crippen molar-refractivity contribution < 1.29 is 9.90 Å². The van der Waals surface area contributed by atoms with Crippen molar-refractivity contribution in [3.8, 4) is 0 Å². The first-order valence-corrected chi connectivity index (χ1v) is 7.92. The first-order valence-electron chi connectivity index (χ1n) is 7.92. The molecule has 25 heavy (non-hydrogen) atoms. The molecule has 4 rings (SSSR count). The smallest absolute Gasteiger partial charge is 0.339 e. The predicted octanol–water partition coefficient (Wildman–Crippen LogP) is 0.731. The second-order valence-electron chi connectivity index (χ2n) is 5.82. The number of hydrogen-bond acceptors (Lipinski definition) is 7. The second-order valence-corrected chi connectivity index (χ2v) is 5.82. The summed E-state index contributed by atoms with van der Waals surface area (Å²) in [7, 11) is 0. The molecular formula is C16H17N7O2. The highest BCUT2D eigenvalue weighted by Crippen LogP contribution is 2.22. The first kappa shape index (κ1) is 15.2. The minimum absolute atomic E-state index is 0.0552. The summed E-state index contributed by atoms with van der Waals surface area (Å²) in [5.74, 6) is -0.0427. The van der Waals surface area contributed by atoms with Gasteiger partial charge in [-0.2, -0.15) is 4.98 Å². The Morgan fingerprint density at radius 1 is 1.16 bits per heavy atom. The van der Waals surface area contributed by atoms with E-state index in [0.29, 0.717) is 0 Å². The number of anilines is 3. The topological polar surface area (TPSA) is 113 Å². The normalized spacial score (nSPS) is 14.9. The average Bonchev–Trinajstić information content (AvgIpc) is 3.01. The summed E-state index contributed by atoms with van der Waals surface area (Å²) in [6.45, 7) is 3.12. The van der Waals surface area contributed by atoms with Gasteiger partial charge >= 0.3 is 5.97 Å². The van der Waals surface area contributed by atoms with Gasteiger partial charge in [-0.25, -0.2) is 14.3 Å². The van der Waals surface area contributed by atoms with Crippen molar-refractivity contribution in [3.63, 3.8) is 0 Å². The van der Waals surface area contributed by atoms with E-state index in [1.54, 1.807) is 18.5 Å². The fourth-order valence-corrected chi connectivity index (χ4v) is 3.05. The van der Waals surface area contributed by atoms with Gasteiger partial charge in [-0.05, 0) is 18.2 Å². The van der Waals surface area contributed by atoms with E-state index in [2.05, 4.69) is 24.9 Å². The molecule has 3 aromatic heterocycles. The Bertz CT molecular complexity index is 917. The number of carboxylic acids is 1. The quantitative estimate of drug-likeness (QED) is 0.718. The van der Waals surface area contributed by atoms with Crippen LogP contribution in [0.25, 0.3) is 5.65 Å². The fourth-order valence-electron chi connectivity index (χ4n) is 3.05. The van der Waals surface area contributed by atoms with E-state index >= 15 is 0 Å². The first-order chi connectivity index (χ1) is 12.1. The van der Waals surface area contributed by atoms with Crippen molar-refractivity contribution in [2.75, 3.05) is 41.7 Å². The molecule has 128 valence electrons. The molecule has 3 aromatic rings. The lowest BCUT2D eigenvalue weighted by molar-refractivity contribution is 0.0698. The minimum atomic E-state index is -1.05. The SMILES string of the molecule is Nc1nc2c(C(=O)O)cc(N3CCN(c4ccccn4)CC3)cn2n1. The van der Waals surface area contributed by atoms with Crippen molar-refractivity contribution in [3.05, 3.63) is 42.2 Å². The maximum atomic E-state index is 11.5. The van der Waals surface area contributed by atoms with Crippen LogP contribution in [0.5, 0.6) is 0 Å². The van der Waals surface area contributed by atoms with Crippen LogP contribution >= 0.6 is 0 Å². The minimum Gasteiger partial charge on any atom is -0.478 e. The molecule has 9 nitrogen and oxygen atoms in total. The largest absolute Gasteiger partial charge is 0.478 e. The summed E-state index contributed by atoms with van der Waals surface area (Å²) in [5.41, 5.74) is 6.74. The zero-order valence-electron chi connectivity index (χ0n) is 13.4. The van der Waals surface area contributed by atoms with Crippen LogP contribution < -0.4 is 15.5 Å². The number of carbonyl (C=O) groups is 1. The van der Waals surface area contributed by atoms with Gasteiger partial charge in [-0.3, -0.25) is 0 Å². The fraction of sp³-hybridized carbons (Fsp3) is 0.250. The molecule has 0 unspecified atom stereocenters. The number of hydrogen-bond donors (Lipinski definition) is 2. The van der Waals surface area contributed by atoms with Crippen LogP contribution in [0.1, 0.15) is 10.4 Å². The number of fused-ring (bicyclic) bond motifs is 1. The van der Waals surface area contributed by atoms with Crippen molar-refractivity contribution in [2.45, 2.75) is 0 Å². The van der Waals surface area contributed by atoms with E-state index < -0.39 is 5.97 Å². The number of nitrogens with zero attached hydrogens (tertiary/aromatic N) is 6. The van der Waals surface area contributed by atoms with Gasteiger partial charge in [0.25, 0.3) is 0 Å². The molecule has 1 fully saturated rings. The van der Waals surface area contributed by atoms with Crippen molar-refractivity contribution >= 4 is 29.1 Å². The third kappa shape index (κ3) is 2.80. The molecule has 0 saturated carbocycles. The number of pyridine rings is 2. The Hall–Kier alpha value is -3.36. The molecule has 0 aromatic carbocycles. The van der Waals surface area contributed by atoms with Crippen molar-refractivity contribution in [1.82, 2.24) is 19.6 Å². The molecule has 4 heterocycles. The molecule has 9 heteroatoms. The van der Waals surface area contributed by atoms with E-state index in [0.717, 1.165) is 37.7 Å². The standard InChI is InChI=1S/C16H17N7O2/c17-16-19-14-12(15(24)25)9-11(10-23(14)20-16)21-5-7-22(8-6-21)13-3-1-2-4-18-13/h1-4,9-10H,5-8H2,(H2,17,20)(H,24,25). The van der Waals surface area contributed by atoms with Gasteiger partial charge in [-0.15, -0.1) is 5.10 Å². The highest BCUT2D eigenvalue weighted by molar-refractivity contribution is 5.95. The van der Waals surface area contributed by atoms with Crippen molar-refractivity contribution in [1.29, 1.82) is 0 Å². The monoisotopic (exact) mass is 339 g/mol. The summed E-state index contributed by atoms with van der Waals surface area (Å²) in [6, 6.07) is 7.48. The molecule has 0 spiro atoms.